The molecule has 3 amide bonds. The molecule has 4 heterocycles. The number of nitrogens with two attached hydrogens (primary N) is 1. The van der Waals surface area contributed by atoms with Crippen LogP contribution in [0.3, 0.4) is 0 Å². The highest BCUT2D eigenvalue weighted by atomic mass is 32.2. The van der Waals surface area contributed by atoms with Crippen molar-refractivity contribution in [3.63, 3.8) is 0 Å². The average molecular weight is 1060 g/mol. The Hall–Kier alpha value is -3.21. The van der Waals surface area contributed by atoms with Gasteiger partial charge in [0.05, 0.1) is 38.3 Å². The van der Waals surface area contributed by atoms with E-state index in [9.17, 15) is 88.2 Å². The third kappa shape index (κ3) is 15.4. The highest BCUT2D eigenvalue weighted by Gasteiger charge is 2.54. The van der Waals surface area contributed by atoms with Gasteiger partial charge in [-0.2, -0.15) is 4.31 Å². The fraction of sp³-hybridized carbons (Fsp3) is 0.719. The zero-order valence-corrected chi connectivity index (χ0v) is 39.4. The van der Waals surface area contributed by atoms with Crippen molar-refractivity contribution in [3.8, 4) is 0 Å². The SMILES string of the molecule is CC(=O)NC1C(O)CC(O)(C(=O)SCCNC(=O)CCNC(=O)C(O)C(C)(C)COP(=O)(O)OP(=O)(O)OCC2OC(n3cnc4c(N)ncnc43)C(O)C2OP(=O)(O)O)OC1C(O)C(O)CO. The number of amides is 3. The summed E-state index contributed by atoms with van der Waals surface area (Å²) in [5.74, 6) is -5.40. The number of carbonyl (C=O) groups excluding carboxylic acids is 4. The molecule has 0 aliphatic carbocycles. The molecular weight excluding hydrogens is 1010 g/mol. The van der Waals surface area contributed by atoms with Crippen molar-refractivity contribution in [1.29, 1.82) is 0 Å². The molecule has 32 nitrogen and oxygen atoms in total. The lowest BCUT2D eigenvalue weighted by Gasteiger charge is -2.45. The van der Waals surface area contributed by atoms with E-state index in [1.165, 1.54) is 13.8 Å². The van der Waals surface area contributed by atoms with E-state index < -0.39 is 145 Å². The van der Waals surface area contributed by atoms with Crippen LogP contribution < -0.4 is 21.7 Å². The number of phosphoric ester groups is 3. The minimum atomic E-state index is -5.65. The second-order valence-corrected chi connectivity index (χ2v) is 21.1. The summed E-state index contributed by atoms with van der Waals surface area (Å²) in [5.41, 5.74) is 4.09. The van der Waals surface area contributed by atoms with Gasteiger partial charge in [-0.1, -0.05) is 25.6 Å². The Labute approximate surface area is 388 Å². The van der Waals surface area contributed by atoms with Gasteiger partial charge in [0.2, 0.25) is 28.6 Å². The molecule has 13 atom stereocenters. The van der Waals surface area contributed by atoms with E-state index >= 15 is 0 Å². The lowest BCUT2D eigenvalue weighted by atomic mass is 9.87. The number of aliphatic hydroxyl groups excluding tert-OH is 6. The van der Waals surface area contributed by atoms with E-state index in [0.717, 1.165) is 24.1 Å². The number of hydrogen-bond donors (Lipinski definition) is 15. The molecule has 0 aromatic carbocycles. The lowest BCUT2D eigenvalue weighted by Crippen LogP contribution is -2.67. The van der Waals surface area contributed by atoms with Gasteiger partial charge in [-0.05, 0) is 0 Å². The number of anilines is 1. The first kappa shape index (κ1) is 57.4. The number of aliphatic hydroxyl groups is 7. The third-order valence-electron chi connectivity index (χ3n) is 9.93. The number of nitrogen functional groups attached to an aromatic ring is 1. The largest absolute Gasteiger partial charge is 0.481 e. The Balaban J connectivity index is 1.21. The van der Waals surface area contributed by atoms with Crippen molar-refractivity contribution >= 4 is 75.0 Å². The molecule has 0 radical (unpaired) electrons. The van der Waals surface area contributed by atoms with Crippen molar-refractivity contribution in [2.24, 2.45) is 5.41 Å². The van der Waals surface area contributed by atoms with E-state index in [0.29, 0.717) is 11.8 Å². The maximum atomic E-state index is 12.9. The number of fused-ring (bicyclic) bond motifs is 1. The molecule has 386 valence electrons. The quantitative estimate of drug-likeness (QED) is 0.0345. The Morgan fingerprint density at radius 3 is 2.32 bits per heavy atom. The normalized spacial score (nSPS) is 27.6. The number of carbonyl (C=O) groups is 4. The fourth-order valence-corrected chi connectivity index (χ4v) is 10.1. The molecule has 0 bridgehead atoms. The number of nitrogens with zero attached hydrogens (tertiary/aromatic N) is 4. The molecule has 4 rings (SSSR count). The highest BCUT2D eigenvalue weighted by Crippen LogP contribution is 2.61. The van der Waals surface area contributed by atoms with Crippen LogP contribution in [0.4, 0.5) is 5.82 Å². The molecule has 16 N–H and O–H groups in total. The van der Waals surface area contributed by atoms with Crippen molar-refractivity contribution in [2.45, 2.75) is 101 Å². The molecule has 0 spiro atoms. The van der Waals surface area contributed by atoms with E-state index in [4.69, 9.17) is 24.3 Å². The first-order valence-corrected chi connectivity index (χ1v) is 25.3. The van der Waals surface area contributed by atoms with Crippen LogP contribution in [0.15, 0.2) is 12.7 Å². The standard InChI is InChI=1S/C32H53N8O24P3S/c1-14(42)39-19-15(43)8-32(51,62-24(19)21(46)16(44)9-41)30(50)68-7-6-34-18(45)4-5-35-28(49)25(48)31(2,3)11-60-67(57,58)64-66(55,56)59-10-17-23(63-65(52,53)54)22(47)29(61-17)40-13-38-20-26(33)36-12-37-27(20)40/h12-13,15-17,19,21-25,29,41,43-44,46-48,51H,4-11H2,1-3H3,(H,34,45)(H,35,49)(H,39,42)(H,55,56)(H,57,58)(H2,33,36,37)(H2,52,53,54). The van der Waals surface area contributed by atoms with Crippen LogP contribution in [0.5, 0.6) is 0 Å². The van der Waals surface area contributed by atoms with Gasteiger partial charge in [-0.15, -0.1) is 0 Å². The van der Waals surface area contributed by atoms with E-state index in [1.54, 1.807) is 0 Å². The first-order valence-electron chi connectivity index (χ1n) is 19.8. The summed E-state index contributed by atoms with van der Waals surface area (Å²) < 4.78 is 67.6. The number of hydrogen-bond acceptors (Lipinski definition) is 25. The summed E-state index contributed by atoms with van der Waals surface area (Å²) in [4.78, 5) is 101. The van der Waals surface area contributed by atoms with E-state index in [-0.39, 0.29) is 42.2 Å². The van der Waals surface area contributed by atoms with E-state index in [1.807, 2.05) is 0 Å². The van der Waals surface area contributed by atoms with E-state index in [2.05, 4.69) is 39.7 Å². The van der Waals surface area contributed by atoms with Crippen LogP contribution >= 0.6 is 35.2 Å². The second kappa shape index (κ2) is 23.3. The molecule has 2 aromatic heterocycles. The Morgan fingerprint density at radius 1 is 1.03 bits per heavy atom. The Morgan fingerprint density at radius 2 is 1.69 bits per heavy atom. The maximum absolute atomic E-state index is 12.9. The van der Waals surface area contributed by atoms with Gasteiger partial charge in [0.1, 0.15) is 54.6 Å². The molecule has 0 saturated carbocycles. The number of rotatable bonds is 24. The topological polar surface area (TPSA) is 503 Å². The minimum absolute atomic E-state index is 0.00124. The molecule has 2 fully saturated rings. The molecule has 2 aliphatic rings. The van der Waals surface area contributed by atoms with Gasteiger partial charge < -0.3 is 86.5 Å². The number of aromatic nitrogens is 4. The van der Waals surface area contributed by atoms with Crippen molar-refractivity contribution in [3.05, 3.63) is 12.7 Å². The average Bonchev–Trinajstić information content (AvgIpc) is 3.80. The van der Waals surface area contributed by atoms with Gasteiger partial charge in [0.25, 0.3) is 0 Å². The van der Waals surface area contributed by atoms with Gasteiger partial charge in [-0.25, -0.2) is 28.6 Å². The van der Waals surface area contributed by atoms with Crippen LogP contribution in [0.25, 0.3) is 11.2 Å². The zero-order chi connectivity index (χ0) is 51.2. The van der Waals surface area contributed by atoms with Crippen molar-refractivity contribution < 1.29 is 116 Å². The van der Waals surface area contributed by atoms with Gasteiger partial charge in [-0.3, -0.25) is 37.3 Å². The summed E-state index contributed by atoms with van der Waals surface area (Å²) in [6.45, 7) is -0.232. The third-order valence-corrected chi connectivity index (χ3v) is 14.0. The van der Waals surface area contributed by atoms with Crippen LogP contribution in [0, 0.1) is 5.41 Å². The smallest absolute Gasteiger partial charge is 0.394 e. The summed E-state index contributed by atoms with van der Waals surface area (Å²) in [7, 11) is -16.6. The van der Waals surface area contributed by atoms with Gasteiger partial charge >= 0.3 is 23.5 Å². The number of ether oxygens (including phenoxy) is 2. The predicted molar refractivity (Wildman–Crippen MR) is 224 cm³/mol. The zero-order valence-electron chi connectivity index (χ0n) is 35.9. The summed E-state index contributed by atoms with van der Waals surface area (Å²) in [5, 5.41) is 78.5. The van der Waals surface area contributed by atoms with Gasteiger partial charge in [0.15, 0.2) is 17.7 Å². The second-order valence-electron chi connectivity index (χ2n) is 15.8. The maximum Gasteiger partial charge on any atom is 0.481 e. The molecule has 2 aromatic rings. The van der Waals surface area contributed by atoms with Gasteiger partial charge in [0, 0.05) is 44.0 Å². The van der Waals surface area contributed by atoms with Crippen LogP contribution in [-0.4, -0.2) is 197 Å². The number of thioether (sulfide) groups is 1. The molecule has 2 aliphatic heterocycles. The predicted octanol–water partition coefficient (Wildman–Crippen LogP) is -5.28. The molecule has 2 saturated heterocycles. The lowest BCUT2D eigenvalue weighted by molar-refractivity contribution is -0.281. The van der Waals surface area contributed by atoms with Crippen molar-refractivity contribution in [2.75, 3.05) is 44.4 Å². The minimum Gasteiger partial charge on any atom is -0.394 e. The number of imidazole rings is 1. The van der Waals surface area contributed by atoms with Crippen LogP contribution in [0.2, 0.25) is 0 Å². The molecule has 68 heavy (non-hydrogen) atoms. The van der Waals surface area contributed by atoms with Crippen LogP contribution in [0.1, 0.15) is 39.8 Å². The molecular formula is C32H53N8O24P3S. The fourth-order valence-electron chi connectivity index (χ4n) is 6.52. The monoisotopic (exact) mass is 1060 g/mol. The molecule has 13 unspecified atom stereocenters. The summed E-state index contributed by atoms with van der Waals surface area (Å²) >= 11 is 0.454. The highest BCUT2D eigenvalue weighted by molar-refractivity contribution is 8.13. The summed E-state index contributed by atoms with van der Waals surface area (Å²) in [6, 6.07) is -1.38. The Kier molecular flexibility index (Phi) is 19.7. The molecule has 36 heteroatoms. The van der Waals surface area contributed by atoms with Crippen molar-refractivity contribution in [1.82, 2.24) is 35.5 Å². The Bertz CT molecular complexity index is 2260. The first-order chi connectivity index (χ1) is 31.4. The number of nitrogens with one attached hydrogen (secondary N) is 3. The van der Waals surface area contributed by atoms with Crippen LogP contribution in [-0.2, 0) is 60.2 Å². The summed E-state index contributed by atoms with van der Waals surface area (Å²) in [6.07, 6.45) is -15.4. The number of phosphoric acid groups is 3.